The van der Waals surface area contributed by atoms with Crippen LogP contribution in [0.2, 0.25) is 5.02 Å². The standard InChI is InChI=1S/C17H18ClN3O3/c18-14-4-1-3-12(7-14)8-16(22)20-6-2-5-15(11-20)21-10-13(9-19-21)17(23)24/h1,3-4,7,9-10,15H,2,5-6,8,11H2,(H,23,24)/t15-/m1/s1. The number of aromatic nitrogens is 2. The molecule has 7 heteroatoms. The Morgan fingerprint density at radius 1 is 1.38 bits per heavy atom. The van der Waals surface area contributed by atoms with Crippen LogP contribution in [0, 0.1) is 0 Å². The van der Waals surface area contributed by atoms with Gasteiger partial charge >= 0.3 is 5.97 Å². The van der Waals surface area contributed by atoms with E-state index in [0.29, 0.717) is 24.5 Å². The van der Waals surface area contributed by atoms with E-state index >= 15 is 0 Å². The smallest absolute Gasteiger partial charge is 0.338 e. The highest BCUT2D eigenvalue weighted by Crippen LogP contribution is 2.22. The number of carbonyl (C=O) groups excluding carboxylic acids is 1. The van der Waals surface area contributed by atoms with Crippen molar-refractivity contribution in [3.8, 4) is 0 Å². The molecular weight excluding hydrogens is 330 g/mol. The molecule has 1 aliphatic heterocycles. The zero-order valence-corrected chi connectivity index (χ0v) is 13.8. The molecular formula is C17H18ClN3O3. The predicted molar refractivity (Wildman–Crippen MR) is 89.2 cm³/mol. The van der Waals surface area contributed by atoms with Crippen LogP contribution in [0.1, 0.15) is 34.8 Å². The minimum Gasteiger partial charge on any atom is -0.478 e. The van der Waals surface area contributed by atoms with Gasteiger partial charge in [-0.05, 0) is 30.5 Å². The average Bonchev–Trinajstić information content (AvgIpc) is 3.05. The summed E-state index contributed by atoms with van der Waals surface area (Å²) < 4.78 is 1.66. The maximum atomic E-state index is 12.5. The Labute approximate surface area is 144 Å². The predicted octanol–water partition coefficient (Wildman–Crippen LogP) is 2.64. The number of piperidine rings is 1. The fourth-order valence-corrected chi connectivity index (χ4v) is 3.19. The van der Waals surface area contributed by atoms with Crippen LogP contribution in [0.3, 0.4) is 0 Å². The third-order valence-electron chi connectivity index (χ3n) is 4.22. The SMILES string of the molecule is O=C(O)c1cnn([C@@H]2CCCN(C(=O)Cc3cccc(Cl)c3)C2)c1. The van der Waals surface area contributed by atoms with Crippen LogP contribution in [0.15, 0.2) is 36.7 Å². The third kappa shape index (κ3) is 3.76. The van der Waals surface area contributed by atoms with E-state index in [2.05, 4.69) is 5.10 Å². The lowest BCUT2D eigenvalue weighted by atomic mass is 10.0. The maximum absolute atomic E-state index is 12.5. The fraction of sp³-hybridized carbons (Fsp3) is 0.353. The highest BCUT2D eigenvalue weighted by Gasteiger charge is 2.25. The van der Waals surface area contributed by atoms with Crippen LogP contribution in [-0.4, -0.2) is 44.8 Å². The van der Waals surface area contributed by atoms with Crippen LogP contribution >= 0.6 is 11.6 Å². The van der Waals surface area contributed by atoms with Crippen LogP contribution in [-0.2, 0) is 11.2 Å². The van der Waals surface area contributed by atoms with Gasteiger partial charge < -0.3 is 10.0 Å². The van der Waals surface area contributed by atoms with E-state index < -0.39 is 5.97 Å². The van der Waals surface area contributed by atoms with Crippen LogP contribution in [0.5, 0.6) is 0 Å². The number of rotatable bonds is 4. The topological polar surface area (TPSA) is 75.4 Å². The molecule has 1 aromatic heterocycles. The second-order valence-electron chi connectivity index (χ2n) is 5.96. The Morgan fingerprint density at radius 3 is 2.92 bits per heavy atom. The van der Waals surface area contributed by atoms with Gasteiger partial charge in [0.15, 0.2) is 0 Å². The lowest BCUT2D eigenvalue weighted by Crippen LogP contribution is -2.41. The quantitative estimate of drug-likeness (QED) is 0.922. The van der Waals surface area contributed by atoms with Crippen molar-refractivity contribution >= 4 is 23.5 Å². The van der Waals surface area contributed by atoms with Gasteiger partial charge in [-0.25, -0.2) is 4.79 Å². The number of amides is 1. The number of carboxylic acid groups (broad SMARTS) is 1. The van der Waals surface area contributed by atoms with E-state index in [4.69, 9.17) is 16.7 Å². The van der Waals surface area contributed by atoms with E-state index in [0.717, 1.165) is 18.4 Å². The highest BCUT2D eigenvalue weighted by atomic mass is 35.5. The molecule has 1 N–H and O–H groups in total. The summed E-state index contributed by atoms with van der Waals surface area (Å²) in [6.07, 6.45) is 4.93. The minimum atomic E-state index is -0.994. The number of carboxylic acids is 1. The number of likely N-dealkylation sites (tertiary alicyclic amines) is 1. The van der Waals surface area contributed by atoms with Gasteiger partial charge in [-0.3, -0.25) is 9.48 Å². The lowest BCUT2D eigenvalue weighted by molar-refractivity contribution is -0.132. The molecule has 2 heterocycles. The Balaban J connectivity index is 1.66. The average molecular weight is 348 g/mol. The number of nitrogens with zero attached hydrogens (tertiary/aromatic N) is 3. The number of halogens is 1. The zero-order valence-electron chi connectivity index (χ0n) is 13.1. The summed E-state index contributed by atoms with van der Waals surface area (Å²) >= 11 is 5.96. The Bertz CT molecular complexity index is 759. The summed E-state index contributed by atoms with van der Waals surface area (Å²) in [7, 11) is 0. The third-order valence-corrected chi connectivity index (χ3v) is 4.45. The molecule has 1 aromatic carbocycles. The number of aromatic carboxylic acids is 1. The van der Waals surface area contributed by atoms with Gasteiger partial charge in [0, 0.05) is 24.3 Å². The molecule has 0 spiro atoms. The molecule has 1 saturated heterocycles. The fourth-order valence-electron chi connectivity index (χ4n) is 2.98. The molecule has 2 aromatic rings. The van der Waals surface area contributed by atoms with Crippen molar-refractivity contribution in [3.63, 3.8) is 0 Å². The number of hydrogen-bond donors (Lipinski definition) is 1. The Kier molecular flexibility index (Phi) is 4.85. The van der Waals surface area contributed by atoms with Crippen LogP contribution in [0.4, 0.5) is 0 Å². The second kappa shape index (κ2) is 7.05. The molecule has 0 saturated carbocycles. The van der Waals surface area contributed by atoms with Crippen molar-refractivity contribution in [2.75, 3.05) is 13.1 Å². The van der Waals surface area contributed by atoms with E-state index in [1.165, 1.54) is 12.4 Å². The molecule has 1 atom stereocenters. The van der Waals surface area contributed by atoms with Crippen molar-refractivity contribution in [2.45, 2.75) is 25.3 Å². The maximum Gasteiger partial charge on any atom is 0.338 e. The molecule has 1 fully saturated rings. The minimum absolute atomic E-state index is 0.00941. The van der Waals surface area contributed by atoms with Gasteiger partial charge in [0.2, 0.25) is 5.91 Å². The summed E-state index contributed by atoms with van der Waals surface area (Å²) in [4.78, 5) is 25.3. The van der Waals surface area contributed by atoms with E-state index in [1.54, 1.807) is 16.8 Å². The van der Waals surface area contributed by atoms with Crippen molar-refractivity contribution in [1.29, 1.82) is 0 Å². The van der Waals surface area contributed by atoms with Gasteiger partial charge in [0.05, 0.1) is 24.2 Å². The first-order chi connectivity index (χ1) is 11.5. The molecule has 0 unspecified atom stereocenters. The van der Waals surface area contributed by atoms with E-state index in [9.17, 15) is 9.59 Å². The monoisotopic (exact) mass is 347 g/mol. The summed E-state index contributed by atoms with van der Waals surface area (Å²) in [5.41, 5.74) is 1.05. The second-order valence-corrected chi connectivity index (χ2v) is 6.39. The molecule has 126 valence electrons. The van der Waals surface area contributed by atoms with Crippen LogP contribution < -0.4 is 0 Å². The molecule has 0 aliphatic carbocycles. The van der Waals surface area contributed by atoms with Gasteiger partial charge in [0.25, 0.3) is 0 Å². The first kappa shape index (κ1) is 16.5. The molecule has 3 rings (SSSR count). The molecule has 1 amide bonds. The normalized spacial score (nSPS) is 17.7. The molecule has 1 aliphatic rings. The van der Waals surface area contributed by atoms with Gasteiger partial charge in [0.1, 0.15) is 0 Å². The summed E-state index contributed by atoms with van der Waals surface area (Å²) in [6, 6.07) is 7.31. The molecule has 6 nitrogen and oxygen atoms in total. The number of hydrogen-bond acceptors (Lipinski definition) is 3. The largest absolute Gasteiger partial charge is 0.478 e. The van der Waals surface area contributed by atoms with Crippen molar-refractivity contribution < 1.29 is 14.7 Å². The van der Waals surface area contributed by atoms with Gasteiger partial charge in [-0.1, -0.05) is 23.7 Å². The number of benzene rings is 1. The number of carbonyl (C=O) groups is 2. The molecule has 24 heavy (non-hydrogen) atoms. The molecule has 0 radical (unpaired) electrons. The van der Waals surface area contributed by atoms with Gasteiger partial charge in [-0.15, -0.1) is 0 Å². The Morgan fingerprint density at radius 2 is 2.21 bits per heavy atom. The van der Waals surface area contributed by atoms with Crippen molar-refractivity contribution in [3.05, 3.63) is 52.8 Å². The lowest BCUT2D eigenvalue weighted by Gasteiger charge is -2.33. The van der Waals surface area contributed by atoms with E-state index in [-0.39, 0.29) is 17.5 Å². The first-order valence-corrected chi connectivity index (χ1v) is 8.20. The summed E-state index contributed by atoms with van der Waals surface area (Å²) in [5.74, 6) is -0.946. The van der Waals surface area contributed by atoms with Crippen molar-refractivity contribution in [1.82, 2.24) is 14.7 Å². The highest BCUT2D eigenvalue weighted by molar-refractivity contribution is 6.30. The zero-order chi connectivity index (χ0) is 17.1. The molecule has 0 bridgehead atoms. The van der Waals surface area contributed by atoms with Gasteiger partial charge in [-0.2, -0.15) is 5.10 Å². The Hall–Kier alpha value is -2.34. The van der Waals surface area contributed by atoms with Crippen LogP contribution in [0.25, 0.3) is 0 Å². The summed E-state index contributed by atoms with van der Waals surface area (Å²) in [5, 5.41) is 13.7. The summed E-state index contributed by atoms with van der Waals surface area (Å²) in [6.45, 7) is 1.25. The van der Waals surface area contributed by atoms with E-state index in [1.807, 2.05) is 17.0 Å². The van der Waals surface area contributed by atoms with Crippen molar-refractivity contribution in [2.24, 2.45) is 0 Å². The first-order valence-electron chi connectivity index (χ1n) is 7.82.